The van der Waals surface area contributed by atoms with Gasteiger partial charge < -0.3 is 0 Å². The van der Waals surface area contributed by atoms with Crippen molar-refractivity contribution < 1.29 is 60.6 Å². The van der Waals surface area contributed by atoms with Crippen LogP contribution in [0.5, 0.6) is 0 Å². The van der Waals surface area contributed by atoms with Crippen LogP contribution < -0.4 is 5.19 Å². The highest BCUT2D eigenvalue weighted by atomic mass is 28.5. The Morgan fingerprint density at radius 3 is 1.52 bits per heavy atom. The van der Waals surface area contributed by atoms with Crippen LogP contribution in [0, 0.1) is 25.5 Å². The molecule has 1 aromatic rings. The predicted molar refractivity (Wildman–Crippen MR) is 73.6 cm³/mol. The van der Waals surface area contributed by atoms with Crippen LogP contribution in [0.2, 0.25) is 0 Å². The first kappa shape index (κ1) is 25.5. The lowest BCUT2D eigenvalue weighted by Gasteiger charge is -2.34. The summed E-state index contributed by atoms with van der Waals surface area (Å²) >= 11 is 0. The van der Waals surface area contributed by atoms with E-state index < -0.39 is 79.4 Å². The molecular weight excluding hydrogens is 462 g/mol. The van der Waals surface area contributed by atoms with Gasteiger partial charge in [0.15, 0.2) is 11.6 Å². The summed E-state index contributed by atoms with van der Waals surface area (Å²) in [5.74, 6) is -25.2. The second-order valence-corrected chi connectivity index (χ2v) is 7.59. The van der Waals surface area contributed by atoms with Gasteiger partial charge >= 0.3 is 33.0 Å². The van der Waals surface area contributed by atoms with E-state index in [4.69, 9.17) is 0 Å². The molecule has 0 radical (unpaired) electrons. The summed E-state index contributed by atoms with van der Waals surface area (Å²) in [4.78, 5) is 0. The molecule has 1 aromatic carbocycles. The second kappa shape index (κ2) is 7.30. The molecule has 0 aliphatic carbocycles. The molecule has 15 heteroatoms. The van der Waals surface area contributed by atoms with Crippen LogP contribution in [0.15, 0.2) is 0 Å². The molecule has 0 fully saturated rings. The fourth-order valence-corrected chi connectivity index (χ4v) is 3.45. The van der Waals surface area contributed by atoms with Crippen molar-refractivity contribution in [3.8, 4) is 0 Å². The molecule has 29 heavy (non-hydrogen) atoms. The quantitative estimate of drug-likeness (QED) is 0.258. The molecule has 0 atom stereocenters. The first-order valence-electron chi connectivity index (χ1n) is 7.35. The Hall–Kier alpha value is -1.54. The Bertz CT molecular complexity index is 745. The average molecular weight is 472 g/mol. The SMILES string of the molecule is Cc1c(C)c([Si](F)(F)F)c(F)c(F)c1C(F)(F)C(F)(F)C(F)(F)CCC(F)(F)F. The molecule has 0 saturated heterocycles. The van der Waals surface area contributed by atoms with Crippen LogP contribution in [0.4, 0.5) is 60.6 Å². The van der Waals surface area contributed by atoms with E-state index in [1.54, 1.807) is 0 Å². The highest BCUT2D eigenvalue weighted by Crippen LogP contribution is 2.54. The maximum Gasteiger partial charge on any atom is 0.656 e. The lowest BCUT2D eigenvalue weighted by Crippen LogP contribution is -2.54. The Balaban J connectivity index is 3.68. The summed E-state index contributed by atoms with van der Waals surface area (Å²) < 4.78 is 185. The maximum absolute atomic E-state index is 14.2. The summed E-state index contributed by atoms with van der Waals surface area (Å²) in [6.45, 7) is 0.585. The topological polar surface area (TPSA) is 0 Å². The standard InChI is InChI=1S/C14H10F14Si/c1-5-6(2)10(29(26,27)28)9(16)8(15)7(5)13(22,23)14(24,25)11(17,18)3-4-12(19,20)21/h3-4H2,1-2H3. The van der Waals surface area contributed by atoms with Crippen molar-refractivity contribution in [2.24, 2.45) is 0 Å². The summed E-state index contributed by atoms with van der Waals surface area (Å²) in [5, 5.41) is -2.28. The van der Waals surface area contributed by atoms with Crippen LogP contribution >= 0.6 is 0 Å². The van der Waals surface area contributed by atoms with E-state index in [9.17, 15) is 60.6 Å². The van der Waals surface area contributed by atoms with E-state index in [1.165, 1.54) is 0 Å². The van der Waals surface area contributed by atoms with Crippen molar-refractivity contribution in [1.82, 2.24) is 0 Å². The van der Waals surface area contributed by atoms with E-state index in [0.29, 0.717) is 6.92 Å². The van der Waals surface area contributed by atoms with Gasteiger partial charge in [0.25, 0.3) is 0 Å². The van der Waals surface area contributed by atoms with Gasteiger partial charge in [-0.15, -0.1) is 0 Å². The fourth-order valence-electron chi connectivity index (χ4n) is 2.48. The minimum Gasteiger partial charge on any atom is -0.234 e. The zero-order valence-electron chi connectivity index (χ0n) is 14.2. The molecule has 0 N–H and O–H groups in total. The Kier molecular flexibility index (Phi) is 6.42. The molecule has 0 saturated carbocycles. The molecule has 0 aliphatic rings. The molecule has 0 amide bonds. The van der Waals surface area contributed by atoms with Gasteiger partial charge in [-0.2, -0.15) is 39.5 Å². The number of halogens is 14. The second-order valence-electron chi connectivity index (χ2n) is 6.09. The minimum atomic E-state index is -7.20. The van der Waals surface area contributed by atoms with E-state index in [2.05, 4.69) is 0 Å². The van der Waals surface area contributed by atoms with E-state index in [-0.39, 0.29) is 6.92 Å². The molecule has 0 heterocycles. The Morgan fingerprint density at radius 1 is 0.690 bits per heavy atom. The van der Waals surface area contributed by atoms with Crippen LogP contribution in [0.3, 0.4) is 0 Å². The van der Waals surface area contributed by atoms with Crippen molar-refractivity contribution in [2.75, 3.05) is 0 Å². The largest absolute Gasteiger partial charge is 0.656 e. The number of hydrogen-bond donors (Lipinski definition) is 0. The highest BCUT2D eigenvalue weighted by molar-refractivity contribution is 6.74. The monoisotopic (exact) mass is 472 g/mol. The fraction of sp³-hybridized carbons (Fsp3) is 0.571. The van der Waals surface area contributed by atoms with Gasteiger partial charge in [0.2, 0.25) is 0 Å². The number of hydrogen-bond acceptors (Lipinski definition) is 0. The molecule has 0 aliphatic heterocycles. The predicted octanol–water partition coefficient (Wildman–Crippen LogP) is 6.34. The van der Waals surface area contributed by atoms with Gasteiger partial charge in [-0.05, 0) is 25.0 Å². The molecule has 0 spiro atoms. The van der Waals surface area contributed by atoms with Crippen LogP contribution in [0.1, 0.15) is 29.5 Å². The van der Waals surface area contributed by atoms with Crippen molar-refractivity contribution in [3.63, 3.8) is 0 Å². The molecule has 0 aromatic heterocycles. The molecule has 0 bridgehead atoms. The van der Waals surface area contributed by atoms with Gasteiger partial charge in [0, 0.05) is 12.8 Å². The first-order valence-corrected chi connectivity index (χ1v) is 8.99. The van der Waals surface area contributed by atoms with Gasteiger partial charge in [-0.25, -0.2) is 21.1 Å². The van der Waals surface area contributed by atoms with E-state index in [0.717, 1.165) is 0 Å². The van der Waals surface area contributed by atoms with Crippen LogP contribution in [-0.2, 0) is 5.92 Å². The van der Waals surface area contributed by atoms with E-state index >= 15 is 0 Å². The lowest BCUT2D eigenvalue weighted by molar-refractivity contribution is -0.321. The molecule has 0 nitrogen and oxygen atoms in total. The third kappa shape index (κ3) is 4.48. The number of alkyl halides is 9. The zero-order chi connectivity index (χ0) is 23.4. The van der Waals surface area contributed by atoms with Crippen molar-refractivity contribution >= 4 is 14.3 Å². The summed E-state index contributed by atoms with van der Waals surface area (Å²) in [6.07, 6.45) is -10.9. The van der Waals surface area contributed by atoms with Crippen molar-refractivity contribution in [2.45, 2.75) is 50.6 Å². The van der Waals surface area contributed by atoms with Gasteiger partial charge in [-0.1, -0.05) is 0 Å². The normalized spacial score (nSPS) is 14.5. The molecule has 0 unspecified atom stereocenters. The first-order chi connectivity index (χ1) is 12.6. The summed E-state index contributed by atoms with van der Waals surface area (Å²) in [7, 11) is -7.20. The molecular formula is C14H10F14Si. The number of rotatable bonds is 6. The third-order valence-electron chi connectivity index (χ3n) is 4.12. The van der Waals surface area contributed by atoms with Crippen LogP contribution in [-0.4, -0.2) is 27.1 Å². The minimum absolute atomic E-state index is 0.245. The average Bonchev–Trinajstić information content (AvgIpc) is 2.49. The van der Waals surface area contributed by atoms with Gasteiger partial charge in [0.05, 0.1) is 10.8 Å². The van der Waals surface area contributed by atoms with Gasteiger partial charge in [0.1, 0.15) is 0 Å². The summed E-state index contributed by atoms with van der Waals surface area (Å²) in [5.41, 5.74) is -5.79. The summed E-state index contributed by atoms with van der Waals surface area (Å²) in [6, 6.07) is 0. The van der Waals surface area contributed by atoms with E-state index in [1.807, 2.05) is 0 Å². The van der Waals surface area contributed by atoms with Gasteiger partial charge in [-0.3, -0.25) is 0 Å². The number of benzene rings is 1. The lowest BCUT2D eigenvalue weighted by atomic mass is 9.89. The maximum atomic E-state index is 14.2. The van der Waals surface area contributed by atoms with Crippen LogP contribution in [0.25, 0.3) is 0 Å². The molecule has 168 valence electrons. The van der Waals surface area contributed by atoms with Crippen molar-refractivity contribution in [3.05, 3.63) is 28.3 Å². The van der Waals surface area contributed by atoms with Crippen molar-refractivity contribution in [1.29, 1.82) is 0 Å². The Morgan fingerprint density at radius 2 is 1.14 bits per heavy atom. The third-order valence-corrected chi connectivity index (χ3v) is 5.28. The smallest absolute Gasteiger partial charge is 0.234 e. The molecule has 1 rings (SSSR count). The zero-order valence-corrected chi connectivity index (χ0v) is 15.2. The highest BCUT2D eigenvalue weighted by Gasteiger charge is 2.73. The Labute approximate surface area is 155 Å².